The highest BCUT2D eigenvalue weighted by atomic mass is 35.5. The maximum absolute atomic E-state index is 11.1. The van der Waals surface area contributed by atoms with Gasteiger partial charge in [0.2, 0.25) is 12.7 Å². The first-order valence-corrected chi connectivity index (χ1v) is 5.49. The second-order valence-electron chi connectivity index (χ2n) is 3.54. The zero-order valence-corrected chi connectivity index (χ0v) is 9.58. The van der Waals surface area contributed by atoms with Crippen LogP contribution < -0.4 is 14.8 Å². The molecule has 5 heteroatoms. The Morgan fingerprint density at radius 1 is 1.50 bits per heavy atom. The number of carbonyl (C=O) groups is 1. The fourth-order valence-electron chi connectivity index (χ4n) is 1.55. The first-order chi connectivity index (χ1) is 7.70. The van der Waals surface area contributed by atoms with Crippen molar-refractivity contribution in [1.29, 1.82) is 0 Å². The van der Waals surface area contributed by atoms with Crippen LogP contribution in [0, 0.1) is 0 Å². The quantitative estimate of drug-likeness (QED) is 0.822. The van der Waals surface area contributed by atoms with Crippen LogP contribution in [0.5, 0.6) is 11.5 Å². The smallest absolute Gasteiger partial charge is 0.235 e. The van der Waals surface area contributed by atoms with Gasteiger partial charge in [-0.2, -0.15) is 0 Å². The third-order valence-corrected chi connectivity index (χ3v) is 2.64. The Hall–Kier alpha value is -1.42. The third-order valence-electron chi connectivity index (χ3n) is 2.40. The first kappa shape index (κ1) is 11.1. The molecule has 16 heavy (non-hydrogen) atoms. The lowest BCUT2D eigenvalue weighted by Gasteiger charge is -2.13. The molecule has 1 heterocycles. The maximum atomic E-state index is 11.1. The summed E-state index contributed by atoms with van der Waals surface area (Å²) in [6, 6.07) is 5.50. The molecule has 1 atom stereocenters. The lowest BCUT2D eigenvalue weighted by molar-refractivity contribution is -0.119. The second kappa shape index (κ2) is 4.61. The lowest BCUT2D eigenvalue weighted by atomic mass is 10.1. The van der Waals surface area contributed by atoms with Crippen LogP contribution in [0.2, 0.25) is 0 Å². The average molecular weight is 242 g/mol. The Labute approximate surface area is 98.5 Å². The number of amides is 1. The van der Waals surface area contributed by atoms with Gasteiger partial charge in [0.25, 0.3) is 0 Å². The number of fused-ring (bicyclic) bond motifs is 1. The van der Waals surface area contributed by atoms with Crippen molar-refractivity contribution in [2.75, 3.05) is 12.7 Å². The Morgan fingerprint density at radius 2 is 2.25 bits per heavy atom. The number of hydrogen-bond acceptors (Lipinski definition) is 3. The molecule has 0 aromatic heterocycles. The summed E-state index contributed by atoms with van der Waals surface area (Å²) < 4.78 is 10.5. The molecule has 1 aromatic carbocycles. The molecule has 0 aliphatic carbocycles. The maximum Gasteiger partial charge on any atom is 0.235 e. The topological polar surface area (TPSA) is 47.6 Å². The number of hydrogen-bond donors (Lipinski definition) is 1. The van der Waals surface area contributed by atoms with E-state index in [2.05, 4.69) is 5.32 Å². The molecule has 1 unspecified atom stereocenters. The number of rotatable bonds is 3. The highest BCUT2D eigenvalue weighted by Crippen LogP contribution is 2.34. The summed E-state index contributed by atoms with van der Waals surface area (Å²) in [5, 5.41) is 2.77. The Kier molecular flexibility index (Phi) is 3.19. The third kappa shape index (κ3) is 2.22. The number of carbonyl (C=O) groups excluding carboxylic acids is 1. The zero-order valence-electron chi connectivity index (χ0n) is 8.83. The fraction of sp³-hybridized carbons (Fsp3) is 0.364. The van der Waals surface area contributed by atoms with Crippen LogP contribution in [-0.2, 0) is 4.79 Å². The fourth-order valence-corrected chi connectivity index (χ4v) is 1.62. The Bertz CT molecular complexity index is 408. The standard InChI is InChI=1S/C11H12ClNO3/c1-7(13-11(14)5-12)8-2-3-9-10(4-8)16-6-15-9/h2-4,7H,5-6H2,1H3,(H,13,14). The van der Waals surface area contributed by atoms with Gasteiger partial charge in [-0.15, -0.1) is 11.6 Å². The molecular weight excluding hydrogens is 230 g/mol. The van der Waals surface area contributed by atoms with Crippen LogP contribution in [0.15, 0.2) is 18.2 Å². The van der Waals surface area contributed by atoms with Crippen LogP contribution in [0.25, 0.3) is 0 Å². The van der Waals surface area contributed by atoms with Crippen molar-refractivity contribution in [3.63, 3.8) is 0 Å². The Balaban J connectivity index is 2.12. The van der Waals surface area contributed by atoms with E-state index in [1.54, 1.807) is 0 Å². The van der Waals surface area contributed by atoms with E-state index in [1.807, 2.05) is 25.1 Å². The van der Waals surface area contributed by atoms with E-state index in [0.717, 1.165) is 11.3 Å². The van der Waals surface area contributed by atoms with Gasteiger partial charge in [0.05, 0.1) is 6.04 Å². The molecule has 1 aliphatic heterocycles. The van der Waals surface area contributed by atoms with Crippen molar-refractivity contribution in [2.45, 2.75) is 13.0 Å². The van der Waals surface area contributed by atoms with Crippen LogP contribution in [0.4, 0.5) is 0 Å². The van der Waals surface area contributed by atoms with Crippen LogP contribution >= 0.6 is 11.6 Å². The van der Waals surface area contributed by atoms with Gasteiger partial charge in [-0.25, -0.2) is 0 Å². The SMILES string of the molecule is CC(NC(=O)CCl)c1ccc2c(c1)OCO2. The van der Waals surface area contributed by atoms with E-state index in [4.69, 9.17) is 21.1 Å². The van der Waals surface area contributed by atoms with Gasteiger partial charge < -0.3 is 14.8 Å². The summed E-state index contributed by atoms with van der Waals surface area (Å²) in [6.07, 6.45) is 0. The van der Waals surface area contributed by atoms with Gasteiger partial charge in [-0.05, 0) is 24.6 Å². The molecule has 1 N–H and O–H groups in total. The molecule has 86 valence electrons. The monoisotopic (exact) mass is 241 g/mol. The molecule has 0 bridgehead atoms. The molecule has 0 saturated carbocycles. The Morgan fingerprint density at radius 3 is 3.00 bits per heavy atom. The number of ether oxygens (including phenoxy) is 2. The van der Waals surface area contributed by atoms with E-state index in [1.165, 1.54) is 0 Å². The van der Waals surface area contributed by atoms with Crippen molar-refractivity contribution in [3.05, 3.63) is 23.8 Å². The van der Waals surface area contributed by atoms with E-state index in [9.17, 15) is 4.79 Å². The van der Waals surface area contributed by atoms with Crippen LogP contribution in [0.1, 0.15) is 18.5 Å². The number of nitrogens with one attached hydrogen (secondary N) is 1. The average Bonchev–Trinajstić information content (AvgIpc) is 2.75. The minimum atomic E-state index is -0.188. The summed E-state index contributed by atoms with van der Waals surface area (Å²) in [4.78, 5) is 11.1. The van der Waals surface area contributed by atoms with Crippen molar-refractivity contribution in [1.82, 2.24) is 5.32 Å². The predicted molar refractivity (Wildman–Crippen MR) is 59.8 cm³/mol. The highest BCUT2D eigenvalue weighted by Gasteiger charge is 2.16. The second-order valence-corrected chi connectivity index (χ2v) is 3.80. The van der Waals surface area contributed by atoms with Gasteiger partial charge in [-0.3, -0.25) is 4.79 Å². The van der Waals surface area contributed by atoms with Crippen molar-refractivity contribution >= 4 is 17.5 Å². The highest BCUT2D eigenvalue weighted by molar-refractivity contribution is 6.27. The van der Waals surface area contributed by atoms with Gasteiger partial charge in [0.15, 0.2) is 11.5 Å². The number of halogens is 1. The molecular formula is C11H12ClNO3. The van der Waals surface area contributed by atoms with Crippen molar-refractivity contribution < 1.29 is 14.3 Å². The molecule has 0 fully saturated rings. The van der Waals surface area contributed by atoms with Gasteiger partial charge in [0, 0.05) is 0 Å². The van der Waals surface area contributed by atoms with E-state index in [-0.39, 0.29) is 24.6 Å². The summed E-state index contributed by atoms with van der Waals surface area (Å²) in [6.45, 7) is 2.14. The molecule has 1 amide bonds. The number of benzene rings is 1. The minimum Gasteiger partial charge on any atom is -0.454 e. The van der Waals surface area contributed by atoms with Crippen LogP contribution in [0.3, 0.4) is 0 Å². The van der Waals surface area contributed by atoms with Gasteiger partial charge in [-0.1, -0.05) is 6.07 Å². The summed E-state index contributed by atoms with van der Waals surface area (Å²) in [7, 11) is 0. The molecule has 1 aliphatic rings. The normalized spacial score (nSPS) is 14.6. The summed E-state index contributed by atoms with van der Waals surface area (Å²) in [5.41, 5.74) is 0.961. The molecule has 1 aromatic rings. The number of alkyl halides is 1. The molecule has 0 spiro atoms. The zero-order chi connectivity index (χ0) is 11.5. The van der Waals surface area contributed by atoms with Crippen LogP contribution in [-0.4, -0.2) is 18.6 Å². The van der Waals surface area contributed by atoms with E-state index >= 15 is 0 Å². The minimum absolute atomic E-state index is 0.0328. The molecule has 0 saturated heterocycles. The predicted octanol–water partition coefficient (Wildman–Crippen LogP) is 1.83. The largest absolute Gasteiger partial charge is 0.454 e. The van der Waals surface area contributed by atoms with Gasteiger partial charge >= 0.3 is 0 Å². The summed E-state index contributed by atoms with van der Waals surface area (Å²) in [5.74, 6) is 1.23. The van der Waals surface area contributed by atoms with E-state index < -0.39 is 0 Å². The van der Waals surface area contributed by atoms with Crippen molar-refractivity contribution in [2.24, 2.45) is 0 Å². The van der Waals surface area contributed by atoms with E-state index in [0.29, 0.717) is 5.75 Å². The molecule has 2 rings (SSSR count). The van der Waals surface area contributed by atoms with Crippen molar-refractivity contribution in [3.8, 4) is 11.5 Å². The van der Waals surface area contributed by atoms with Gasteiger partial charge in [0.1, 0.15) is 5.88 Å². The lowest BCUT2D eigenvalue weighted by Crippen LogP contribution is -2.27. The summed E-state index contributed by atoms with van der Waals surface area (Å²) >= 11 is 5.42. The first-order valence-electron chi connectivity index (χ1n) is 4.95. The molecule has 0 radical (unpaired) electrons. The molecule has 4 nitrogen and oxygen atoms in total.